The molecule has 0 unspecified atom stereocenters. The molecular formula is C13H8ClF4NO3S. The van der Waals surface area contributed by atoms with Crippen LogP contribution in [0.4, 0.5) is 23.2 Å². The molecule has 0 aliphatic carbocycles. The number of sulfonamides is 1. The summed E-state index contributed by atoms with van der Waals surface area (Å²) in [5.41, 5.74) is -1.60. The molecule has 0 aliphatic rings. The fourth-order valence-electron chi connectivity index (χ4n) is 1.69. The summed E-state index contributed by atoms with van der Waals surface area (Å²) in [7, 11) is -4.21. The molecule has 10 heteroatoms. The SMILES string of the molecule is O=S(=O)(Nc1ccc(C(F)(F)F)c(O)c1)c1ccc(F)c(Cl)c1. The monoisotopic (exact) mass is 369 g/mol. The second-order valence-electron chi connectivity index (χ2n) is 4.41. The number of hydrogen-bond acceptors (Lipinski definition) is 3. The first-order valence-corrected chi connectivity index (χ1v) is 7.75. The number of anilines is 1. The smallest absolute Gasteiger partial charge is 0.419 e. The minimum atomic E-state index is -4.77. The molecule has 2 aromatic carbocycles. The van der Waals surface area contributed by atoms with Gasteiger partial charge in [0, 0.05) is 6.07 Å². The summed E-state index contributed by atoms with van der Waals surface area (Å²) in [5, 5.41) is 8.92. The zero-order valence-electron chi connectivity index (χ0n) is 11.0. The number of benzene rings is 2. The maximum absolute atomic E-state index is 13.0. The van der Waals surface area contributed by atoms with E-state index in [9.17, 15) is 31.1 Å². The van der Waals surface area contributed by atoms with Crippen molar-refractivity contribution in [3.63, 3.8) is 0 Å². The minimum absolute atomic E-state index is 0.295. The molecule has 0 radical (unpaired) electrons. The van der Waals surface area contributed by atoms with E-state index in [-0.39, 0.29) is 10.6 Å². The average molecular weight is 370 g/mol. The molecule has 2 N–H and O–H groups in total. The highest BCUT2D eigenvalue weighted by Crippen LogP contribution is 2.37. The molecule has 4 nitrogen and oxygen atoms in total. The standard InChI is InChI=1S/C13H8ClF4NO3S/c14-10-6-8(2-4-11(10)15)23(21,22)19-7-1-3-9(12(20)5-7)13(16,17)18/h1-6,19-20H. The first-order valence-electron chi connectivity index (χ1n) is 5.89. The molecule has 0 saturated carbocycles. The van der Waals surface area contributed by atoms with Crippen molar-refractivity contribution in [1.82, 2.24) is 0 Å². The summed E-state index contributed by atoms with van der Waals surface area (Å²) in [6.45, 7) is 0. The molecule has 0 saturated heterocycles. The van der Waals surface area contributed by atoms with Crippen molar-refractivity contribution in [3.05, 3.63) is 52.8 Å². The van der Waals surface area contributed by atoms with Crippen LogP contribution in [-0.2, 0) is 16.2 Å². The van der Waals surface area contributed by atoms with Crippen LogP contribution in [0.25, 0.3) is 0 Å². The Bertz CT molecular complexity index is 853. The Kier molecular flexibility index (Phi) is 4.45. The van der Waals surface area contributed by atoms with Gasteiger partial charge in [-0.3, -0.25) is 4.72 Å². The van der Waals surface area contributed by atoms with Crippen LogP contribution < -0.4 is 4.72 Å². The van der Waals surface area contributed by atoms with E-state index in [4.69, 9.17) is 11.6 Å². The van der Waals surface area contributed by atoms with E-state index < -0.39 is 38.4 Å². The summed E-state index contributed by atoms with van der Waals surface area (Å²) in [6, 6.07) is 4.61. The quantitative estimate of drug-likeness (QED) is 0.803. The predicted molar refractivity (Wildman–Crippen MR) is 75.3 cm³/mol. The number of nitrogens with one attached hydrogen (secondary N) is 1. The maximum Gasteiger partial charge on any atom is 0.419 e. The normalized spacial score (nSPS) is 12.2. The van der Waals surface area contributed by atoms with Crippen molar-refractivity contribution in [3.8, 4) is 5.75 Å². The predicted octanol–water partition coefficient (Wildman–Crippen LogP) is 4.00. The lowest BCUT2D eigenvalue weighted by atomic mass is 10.2. The van der Waals surface area contributed by atoms with Crippen LogP contribution in [0.5, 0.6) is 5.75 Å². The zero-order chi connectivity index (χ0) is 17.4. The second kappa shape index (κ2) is 5.89. The number of rotatable bonds is 3. The topological polar surface area (TPSA) is 66.4 Å². The maximum atomic E-state index is 13.0. The van der Waals surface area contributed by atoms with Gasteiger partial charge < -0.3 is 5.11 Å². The molecular weight excluding hydrogens is 362 g/mol. The van der Waals surface area contributed by atoms with E-state index in [0.29, 0.717) is 12.1 Å². The molecule has 124 valence electrons. The Morgan fingerprint density at radius 3 is 2.26 bits per heavy atom. The van der Waals surface area contributed by atoms with Crippen LogP contribution in [0.3, 0.4) is 0 Å². The highest BCUT2D eigenvalue weighted by molar-refractivity contribution is 7.92. The molecule has 0 fully saturated rings. The van der Waals surface area contributed by atoms with Crippen molar-refractivity contribution < 1.29 is 31.1 Å². The van der Waals surface area contributed by atoms with Gasteiger partial charge in [-0.1, -0.05) is 11.6 Å². The van der Waals surface area contributed by atoms with Crippen molar-refractivity contribution in [2.45, 2.75) is 11.1 Å². The fraction of sp³-hybridized carbons (Fsp3) is 0.0769. The number of halogens is 5. The largest absolute Gasteiger partial charge is 0.507 e. The molecule has 2 aromatic rings. The van der Waals surface area contributed by atoms with Crippen LogP contribution in [0.1, 0.15) is 5.56 Å². The fourth-order valence-corrected chi connectivity index (χ4v) is 3.01. The first-order chi connectivity index (χ1) is 10.5. The number of aromatic hydroxyl groups is 1. The van der Waals surface area contributed by atoms with E-state index in [1.165, 1.54) is 0 Å². The van der Waals surface area contributed by atoms with Crippen molar-refractivity contribution in [1.29, 1.82) is 0 Å². The van der Waals surface area contributed by atoms with E-state index in [1.54, 1.807) is 0 Å². The van der Waals surface area contributed by atoms with Crippen LogP contribution in [0.2, 0.25) is 5.02 Å². The van der Waals surface area contributed by atoms with Crippen molar-refractivity contribution in [2.24, 2.45) is 0 Å². The molecule has 0 bridgehead atoms. The lowest BCUT2D eigenvalue weighted by Gasteiger charge is -2.12. The van der Waals surface area contributed by atoms with Gasteiger partial charge in [0.1, 0.15) is 11.6 Å². The van der Waals surface area contributed by atoms with Gasteiger partial charge in [-0.2, -0.15) is 13.2 Å². The van der Waals surface area contributed by atoms with Gasteiger partial charge in [-0.15, -0.1) is 0 Å². The van der Waals surface area contributed by atoms with Crippen LogP contribution in [0.15, 0.2) is 41.3 Å². The van der Waals surface area contributed by atoms with Crippen LogP contribution >= 0.6 is 11.6 Å². The Labute approximate surface area is 133 Å². The molecule has 23 heavy (non-hydrogen) atoms. The summed E-state index contributed by atoms with van der Waals surface area (Å²) in [5.74, 6) is -1.95. The third-order valence-electron chi connectivity index (χ3n) is 2.76. The van der Waals surface area contributed by atoms with Crippen molar-refractivity contribution in [2.75, 3.05) is 4.72 Å². The number of alkyl halides is 3. The Morgan fingerprint density at radius 2 is 1.74 bits per heavy atom. The number of phenols is 1. The Balaban J connectivity index is 2.34. The summed E-state index contributed by atoms with van der Waals surface area (Å²) >= 11 is 5.49. The van der Waals surface area contributed by atoms with Crippen LogP contribution in [-0.4, -0.2) is 13.5 Å². The van der Waals surface area contributed by atoms with E-state index in [2.05, 4.69) is 0 Å². The summed E-state index contributed by atoms with van der Waals surface area (Å²) in [4.78, 5) is -0.386. The van der Waals surface area contributed by atoms with Gasteiger partial charge in [-0.05, 0) is 30.3 Å². The van der Waals surface area contributed by atoms with Gasteiger partial charge in [0.15, 0.2) is 0 Å². The van der Waals surface area contributed by atoms with Gasteiger partial charge in [0.25, 0.3) is 10.0 Å². The lowest BCUT2D eigenvalue weighted by molar-refractivity contribution is -0.138. The minimum Gasteiger partial charge on any atom is -0.507 e. The van der Waals surface area contributed by atoms with Crippen LogP contribution in [0, 0.1) is 5.82 Å². The van der Waals surface area contributed by atoms with E-state index in [0.717, 1.165) is 24.3 Å². The van der Waals surface area contributed by atoms with E-state index in [1.807, 2.05) is 4.72 Å². The molecule has 0 heterocycles. The third-order valence-corrected chi connectivity index (χ3v) is 4.43. The Morgan fingerprint density at radius 1 is 1.09 bits per heavy atom. The van der Waals surface area contributed by atoms with Gasteiger partial charge in [-0.25, -0.2) is 12.8 Å². The Hall–Kier alpha value is -2.00. The molecule has 0 spiro atoms. The van der Waals surface area contributed by atoms with Gasteiger partial charge in [0.2, 0.25) is 0 Å². The van der Waals surface area contributed by atoms with E-state index >= 15 is 0 Å². The molecule has 0 atom stereocenters. The first kappa shape index (κ1) is 17.4. The second-order valence-corrected chi connectivity index (χ2v) is 6.50. The zero-order valence-corrected chi connectivity index (χ0v) is 12.6. The van der Waals surface area contributed by atoms with Gasteiger partial charge >= 0.3 is 6.18 Å². The van der Waals surface area contributed by atoms with Gasteiger partial charge in [0.05, 0.1) is 21.2 Å². The van der Waals surface area contributed by atoms with Crippen molar-refractivity contribution >= 4 is 27.3 Å². The summed E-state index contributed by atoms with van der Waals surface area (Å²) < 4.78 is 76.7. The highest BCUT2D eigenvalue weighted by atomic mass is 35.5. The highest BCUT2D eigenvalue weighted by Gasteiger charge is 2.34. The number of phenolic OH excluding ortho intramolecular Hbond substituents is 1. The molecule has 0 aromatic heterocycles. The summed E-state index contributed by atoms with van der Waals surface area (Å²) in [6.07, 6.45) is -4.77. The average Bonchev–Trinajstić information content (AvgIpc) is 2.39. The number of hydrogen-bond donors (Lipinski definition) is 2. The lowest BCUT2D eigenvalue weighted by Crippen LogP contribution is -2.13. The third kappa shape index (κ3) is 3.85. The molecule has 0 amide bonds. The molecule has 2 rings (SSSR count). The molecule has 0 aliphatic heterocycles.